The van der Waals surface area contributed by atoms with Crippen molar-refractivity contribution in [3.8, 4) is 17.2 Å². The first-order valence-electron chi connectivity index (χ1n) is 5.76. The van der Waals surface area contributed by atoms with Crippen molar-refractivity contribution < 1.29 is 14.2 Å². The Morgan fingerprint density at radius 3 is 2.16 bits per heavy atom. The lowest BCUT2D eigenvalue weighted by atomic mass is 10.1. The van der Waals surface area contributed by atoms with Gasteiger partial charge in [-0.25, -0.2) is 0 Å². The standard InChI is InChI=1S/C13H17N3O3/c1-17-10-5-8(4-9-7-15-16-13(9)14)6-11(18-2)12(10)19-3/h5-7H,4H2,1-3H3,(H3,14,15,16). The van der Waals surface area contributed by atoms with Gasteiger partial charge in [0.1, 0.15) is 5.82 Å². The first-order chi connectivity index (χ1) is 9.19. The van der Waals surface area contributed by atoms with Crippen LogP contribution in [0.15, 0.2) is 18.3 Å². The van der Waals surface area contributed by atoms with Crippen LogP contribution in [0, 0.1) is 0 Å². The summed E-state index contributed by atoms with van der Waals surface area (Å²) in [5, 5.41) is 6.61. The van der Waals surface area contributed by atoms with Gasteiger partial charge in [0.15, 0.2) is 11.5 Å². The lowest BCUT2D eigenvalue weighted by Gasteiger charge is -2.14. The summed E-state index contributed by atoms with van der Waals surface area (Å²) in [5.41, 5.74) is 7.71. The maximum absolute atomic E-state index is 5.78. The number of hydrogen-bond donors (Lipinski definition) is 2. The highest BCUT2D eigenvalue weighted by Gasteiger charge is 2.14. The Labute approximate surface area is 111 Å². The van der Waals surface area contributed by atoms with Crippen LogP contribution in [0.2, 0.25) is 0 Å². The fourth-order valence-electron chi connectivity index (χ4n) is 1.92. The van der Waals surface area contributed by atoms with E-state index >= 15 is 0 Å². The number of nitrogen functional groups attached to an aromatic ring is 1. The number of anilines is 1. The number of rotatable bonds is 5. The average Bonchev–Trinajstić information content (AvgIpc) is 2.83. The third-order valence-electron chi connectivity index (χ3n) is 2.87. The molecule has 0 bridgehead atoms. The van der Waals surface area contributed by atoms with Crippen molar-refractivity contribution >= 4 is 5.82 Å². The molecule has 1 aromatic heterocycles. The van der Waals surface area contributed by atoms with Gasteiger partial charge in [0.25, 0.3) is 0 Å². The van der Waals surface area contributed by atoms with Gasteiger partial charge < -0.3 is 19.9 Å². The van der Waals surface area contributed by atoms with Crippen molar-refractivity contribution in [2.75, 3.05) is 27.1 Å². The zero-order chi connectivity index (χ0) is 13.8. The Morgan fingerprint density at radius 2 is 1.74 bits per heavy atom. The number of ether oxygens (including phenoxy) is 3. The second-order valence-electron chi connectivity index (χ2n) is 4.02. The minimum Gasteiger partial charge on any atom is -0.493 e. The van der Waals surface area contributed by atoms with Crippen molar-refractivity contribution in [3.63, 3.8) is 0 Å². The van der Waals surface area contributed by atoms with E-state index in [9.17, 15) is 0 Å². The lowest BCUT2D eigenvalue weighted by molar-refractivity contribution is 0.324. The highest BCUT2D eigenvalue weighted by Crippen LogP contribution is 2.38. The van der Waals surface area contributed by atoms with E-state index in [2.05, 4.69) is 10.2 Å². The van der Waals surface area contributed by atoms with Crippen LogP contribution in [-0.2, 0) is 6.42 Å². The van der Waals surface area contributed by atoms with E-state index in [1.807, 2.05) is 12.1 Å². The second-order valence-corrected chi connectivity index (χ2v) is 4.02. The number of nitrogens with one attached hydrogen (secondary N) is 1. The molecular formula is C13H17N3O3. The van der Waals surface area contributed by atoms with E-state index in [-0.39, 0.29) is 0 Å². The summed E-state index contributed by atoms with van der Waals surface area (Å²) in [6, 6.07) is 3.79. The second kappa shape index (κ2) is 5.51. The normalized spacial score (nSPS) is 10.3. The minimum atomic E-state index is 0.564. The zero-order valence-electron chi connectivity index (χ0n) is 11.2. The molecule has 0 aliphatic rings. The Bertz CT molecular complexity index is 541. The molecule has 2 aromatic rings. The van der Waals surface area contributed by atoms with Crippen molar-refractivity contribution in [2.24, 2.45) is 0 Å². The Balaban J connectivity index is 2.39. The SMILES string of the molecule is COc1cc(Cc2cn[nH]c2N)cc(OC)c1OC. The van der Waals surface area contributed by atoms with E-state index in [4.69, 9.17) is 19.9 Å². The molecule has 0 fully saturated rings. The number of hydrogen-bond acceptors (Lipinski definition) is 5. The monoisotopic (exact) mass is 263 g/mol. The van der Waals surface area contributed by atoms with Gasteiger partial charge >= 0.3 is 0 Å². The summed E-state index contributed by atoms with van der Waals surface area (Å²) >= 11 is 0. The molecule has 2 rings (SSSR count). The molecule has 3 N–H and O–H groups in total. The van der Waals surface area contributed by atoms with Crippen molar-refractivity contribution in [2.45, 2.75) is 6.42 Å². The number of methoxy groups -OCH3 is 3. The lowest BCUT2D eigenvalue weighted by Crippen LogP contribution is -1.98. The number of aromatic nitrogens is 2. The minimum absolute atomic E-state index is 0.564. The smallest absolute Gasteiger partial charge is 0.203 e. The summed E-state index contributed by atoms with van der Waals surface area (Å²) in [4.78, 5) is 0. The molecule has 1 aromatic carbocycles. The summed E-state index contributed by atoms with van der Waals surface area (Å²) in [6.45, 7) is 0. The Morgan fingerprint density at radius 1 is 1.11 bits per heavy atom. The Kier molecular flexibility index (Phi) is 3.79. The van der Waals surface area contributed by atoms with Crippen LogP contribution in [0.25, 0.3) is 0 Å². The average molecular weight is 263 g/mol. The number of benzene rings is 1. The number of H-pyrrole nitrogens is 1. The predicted octanol–water partition coefficient (Wildman–Crippen LogP) is 1.61. The van der Waals surface area contributed by atoms with E-state index in [1.165, 1.54) is 0 Å². The molecule has 0 atom stereocenters. The van der Waals surface area contributed by atoms with Crippen molar-refractivity contribution in [1.82, 2.24) is 10.2 Å². The van der Waals surface area contributed by atoms with Gasteiger partial charge in [-0.1, -0.05) is 0 Å². The van der Waals surface area contributed by atoms with Crippen LogP contribution in [0.5, 0.6) is 17.2 Å². The first-order valence-corrected chi connectivity index (χ1v) is 5.76. The van der Waals surface area contributed by atoms with Crippen molar-refractivity contribution in [3.05, 3.63) is 29.5 Å². The Hall–Kier alpha value is -2.37. The number of nitrogens with zero attached hydrogens (tertiary/aromatic N) is 1. The fourth-order valence-corrected chi connectivity index (χ4v) is 1.92. The largest absolute Gasteiger partial charge is 0.493 e. The molecule has 102 valence electrons. The summed E-state index contributed by atoms with van der Waals surface area (Å²) in [7, 11) is 4.76. The molecule has 6 heteroatoms. The molecule has 1 heterocycles. The molecule has 0 spiro atoms. The zero-order valence-corrected chi connectivity index (χ0v) is 11.2. The highest BCUT2D eigenvalue weighted by molar-refractivity contribution is 5.55. The molecule has 0 saturated carbocycles. The van der Waals surface area contributed by atoms with Crippen LogP contribution >= 0.6 is 0 Å². The van der Waals surface area contributed by atoms with Gasteiger partial charge in [0.2, 0.25) is 5.75 Å². The molecule has 0 radical (unpaired) electrons. The molecule has 0 unspecified atom stereocenters. The van der Waals surface area contributed by atoms with Gasteiger partial charge in [-0.2, -0.15) is 5.10 Å². The van der Waals surface area contributed by atoms with Gasteiger partial charge in [-0.15, -0.1) is 0 Å². The molecule has 19 heavy (non-hydrogen) atoms. The van der Waals surface area contributed by atoms with Gasteiger partial charge in [0.05, 0.1) is 27.5 Å². The summed E-state index contributed by atoms with van der Waals surface area (Å²) < 4.78 is 15.9. The topological polar surface area (TPSA) is 82.4 Å². The maximum atomic E-state index is 5.78. The fraction of sp³-hybridized carbons (Fsp3) is 0.308. The van der Waals surface area contributed by atoms with Gasteiger partial charge in [-0.05, 0) is 17.7 Å². The van der Waals surface area contributed by atoms with Gasteiger partial charge in [0, 0.05) is 12.0 Å². The van der Waals surface area contributed by atoms with Crippen LogP contribution in [0.1, 0.15) is 11.1 Å². The van der Waals surface area contributed by atoms with E-state index in [0.717, 1.165) is 11.1 Å². The molecule has 0 saturated heterocycles. The molecular weight excluding hydrogens is 246 g/mol. The van der Waals surface area contributed by atoms with Gasteiger partial charge in [-0.3, -0.25) is 5.10 Å². The maximum Gasteiger partial charge on any atom is 0.203 e. The van der Waals surface area contributed by atoms with Crippen LogP contribution in [0.3, 0.4) is 0 Å². The van der Waals surface area contributed by atoms with E-state index < -0.39 is 0 Å². The van der Waals surface area contributed by atoms with Crippen molar-refractivity contribution in [1.29, 1.82) is 0 Å². The highest BCUT2D eigenvalue weighted by atomic mass is 16.5. The van der Waals surface area contributed by atoms with Crippen LogP contribution < -0.4 is 19.9 Å². The molecule has 0 amide bonds. The summed E-state index contributed by atoms with van der Waals surface area (Å²) in [6.07, 6.45) is 2.34. The summed E-state index contributed by atoms with van der Waals surface area (Å²) in [5.74, 6) is 2.39. The third kappa shape index (κ3) is 2.57. The first kappa shape index (κ1) is 13.1. The third-order valence-corrected chi connectivity index (χ3v) is 2.87. The molecule has 0 aliphatic carbocycles. The van der Waals surface area contributed by atoms with E-state index in [1.54, 1.807) is 27.5 Å². The quantitative estimate of drug-likeness (QED) is 0.856. The molecule has 6 nitrogen and oxygen atoms in total. The number of aromatic amines is 1. The van der Waals surface area contributed by atoms with Crippen LogP contribution in [0.4, 0.5) is 5.82 Å². The molecule has 0 aliphatic heterocycles. The number of nitrogens with two attached hydrogens (primary N) is 1. The predicted molar refractivity (Wildman–Crippen MR) is 71.9 cm³/mol. The van der Waals surface area contributed by atoms with Crippen LogP contribution in [-0.4, -0.2) is 31.5 Å². The van der Waals surface area contributed by atoms with E-state index in [0.29, 0.717) is 29.5 Å².